The molecule has 0 aliphatic rings. The van der Waals surface area contributed by atoms with Crippen LogP contribution in [0.4, 0.5) is 0 Å². The molecule has 0 aliphatic carbocycles. The second-order valence-electron chi connectivity index (χ2n) is 29.4. The van der Waals surface area contributed by atoms with Crippen LogP contribution in [0.15, 0.2) is 0 Å². The minimum atomic E-state index is -0.281. The van der Waals surface area contributed by atoms with Crippen molar-refractivity contribution >= 4 is 0 Å². The van der Waals surface area contributed by atoms with Crippen LogP contribution in [0.5, 0.6) is 0 Å². The summed E-state index contributed by atoms with van der Waals surface area (Å²) in [4.78, 5) is 21.1. The van der Waals surface area contributed by atoms with Crippen molar-refractivity contribution in [3.63, 3.8) is 0 Å². The van der Waals surface area contributed by atoms with Crippen LogP contribution in [0.3, 0.4) is 0 Å². The van der Waals surface area contributed by atoms with Crippen LogP contribution in [0, 0.1) is 0 Å². The van der Waals surface area contributed by atoms with Gasteiger partial charge in [0.25, 0.3) is 0 Å². The Bertz CT molecular complexity index is 1200. The largest absolute Gasteiger partial charge is 0.381 e. The van der Waals surface area contributed by atoms with E-state index in [-0.39, 0.29) is 86.5 Å². The molecule has 10 heteroatoms. The van der Waals surface area contributed by atoms with E-state index in [9.17, 15) is 5.11 Å². The quantitative estimate of drug-likeness (QED) is 0.156. The second kappa shape index (κ2) is 20.1. The van der Waals surface area contributed by atoms with Crippen LogP contribution in [0.2, 0.25) is 0 Å². The van der Waals surface area contributed by atoms with Crippen molar-refractivity contribution in [1.82, 2.24) is 44.5 Å². The molecule has 0 aromatic rings. The smallest absolute Gasteiger partial charge is 0.124 e. The summed E-state index contributed by atoms with van der Waals surface area (Å²) >= 11 is 0. The molecule has 0 bridgehead atoms. The van der Waals surface area contributed by atoms with Gasteiger partial charge in [0.05, 0.1) is 20.1 Å². The number of nitrogens with zero attached hydrogens (tertiary/aromatic N) is 8. The van der Waals surface area contributed by atoms with E-state index in [1.54, 1.807) is 0 Å². The average molecular weight is 883 g/mol. The highest BCUT2D eigenvalue weighted by Gasteiger charge is 2.53. The van der Waals surface area contributed by atoms with Gasteiger partial charge in [-0.2, -0.15) is 0 Å². The molecule has 62 heavy (non-hydrogen) atoms. The first-order valence-electron chi connectivity index (χ1n) is 24.3. The first kappa shape index (κ1) is 61.6. The maximum atomic E-state index is 12.2. The van der Waals surface area contributed by atoms with Crippen LogP contribution in [-0.4, -0.2) is 151 Å². The minimum absolute atomic E-state index is 0.113. The van der Waals surface area contributed by atoms with E-state index in [1.165, 1.54) is 0 Å². The van der Waals surface area contributed by atoms with E-state index in [4.69, 9.17) is 0 Å². The zero-order chi connectivity index (χ0) is 50.4. The van der Waals surface area contributed by atoms with Gasteiger partial charge in [0.2, 0.25) is 0 Å². The molecule has 0 aromatic carbocycles. The number of hydrogen-bond donors (Lipinski definition) is 2. The zero-order valence-electron chi connectivity index (χ0n) is 48.6. The first-order chi connectivity index (χ1) is 26.7. The van der Waals surface area contributed by atoms with Crippen molar-refractivity contribution in [2.45, 2.75) is 315 Å². The molecular formula is C52H115N9O. The Kier molecular flexibility index (Phi) is 19.9. The van der Waals surface area contributed by atoms with E-state index in [0.29, 0.717) is 13.3 Å². The van der Waals surface area contributed by atoms with Crippen molar-refractivity contribution in [3.05, 3.63) is 0 Å². The molecule has 10 nitrogen and oxygen atoms in total. The van der Waals surface area contributed by atoms with Gasteiger partial charge in [0, 0.05) is 60.9 Å². The lowest BCUT2D eigenvalue weighted by Crippen LogP contribution is -2.78. The highest BCUT2D eigenvalue weighted by molar-refractivity contribution is 5.02. The van der Waals surface area contributed by atoms with E-state index in [2.05, 4.69) is 280 Å². The molecule has 0 saturated heterocycles. The Morgan fingerprint density at radius 1 is 0.339 bits per heavy atom. The fraction of sp³-hybridized carbons (Fsp3) is 1.00. The topological polar surface area (TPSA) is 58.2 Å². The van der Waals surface area contributed by atoms with E-state index in [1.807, 2.05) is 0 Å². The van der Waals surface area contributed by atoms with Gasteiger partial charge >= 0.3 is 0 Å². The van der Waals surface area contributed by atoms with E-state index < -0.39 is 0 Å². The summed E-state index contributed by atoms with van der Waals surface area (Å²) in [5, 5.41) is 16.5. The molecule has 0 radical (unpaired) electrons. The lowest BCUT2D eigenvalue weighted by molar-refractivity contribution is -0.246. The van der Waals surface area contributed by atoms with Crippen LogP contribution < -0.4 is 5.32 Å². The molecule has 0 aromatic heterocycles. The SMILES string of the molecule is CCN(C(NCN(CN(CO)C(N(C(C)(C)C)C(C)(C)C)N(C(C)(C)C)C(C)(C)C)C(N(C(C)(C)C)C(C)(C)C)N(C(C)(C)C)C(C)(C)C)N(C(C)(C)C)C(C)(C)C)C(C)(C)C. The van der Waals surface area contributed by atoms with Gasteiger partial charge < -0.3 is 5.11 Å². The number of aliphatic hydroxyl groups excluding tert-OH is 1. The molecule has 1 unspecified atom stereocenters. The Morgan fingerprint density at radius 2 is 0.565 bits per heavy atom. The van der Waals surface area contributed by atoms with Crippen LogP contribution in [0.25, 0.3) is 0 Å². The van der Waals surface area contributed by atoms with Crippen molar-refractivity contribution in [2.75, 3.05) is 26.6 Å². The molecule has 0 fully saturated rings. The predicted octanol–water partition coefficient (Wildman–Crippen LogP) is 11.5. The summed E-state index contributed by atoms with van der Waals surface area (Å²) in [6.45, 7) is 81.7. The van der Waals surface area contributed by atoms with Crippen molar-refractivity contribution < 1.29 is 5.11 Å². The number of aliphatic hydroxyl groups is 1. The van der Waals surface area contributed by atoms with Gasteiger partial charge in [0.1, 0.15) is 18.9 Å². The Labute approximate surface area is 390 Å². The highest BCUT2D eigenvalue weighted by atomic mass is 16.3. The summed E-state index contributed by atoms with van der Waals surface area (Å²) < 4.78 is 0. The summed E-state index contributed by atoms with van der Waals surface area (Å²) in [6.07, 6.45) is -0.606. The third-order valence-corrected chi connectivity index (χ3v) is 11.6. The van der Waals surface area contributed by atoms with Crippen LogP contribution in [-0.2, 0) is 0 Å². The number of nitrogens with one attached hydrogen (secondary N) is 1. The summed E-state index contributed by atoms with van der Waals surface area (Å²) in [6, 6.07) is 0. The second-order valence-corrected chi connectivity index (χ2v) is 29.4. The molecule has 0 heterocycles. The third kappa shape index (κ3) is 16.7. The van der Waals surface area contributed by atoms with Crippen LogP contribution >= 0.6 is 0 Å². The van der Waals surface area contributed by atoms with Gasteiger partial charge in [-0.1, -0.05) is 6.92 Å². The van der Waals surface area contributed by atoms with Gasteiger partial charge in [-0.25, -0.2) is 9.80 Å². The lowest BCUT2D eigenvalue weighted by atomic mass is 9.91. The maximum Gasteiger partial charge on any atom is 0.124 e. The van der Waals surface area contributed by atoms with Gasteiger partial charge in [-0.05, 0) is 235 Å². The van der Waals surface area contributed by atoms with Crippen molar-refractivity contribution in [1.29, 1.82) is 0 Å². The Hall–Kier alpha value is -0.400. The van der Waals surface area contributed by atoms with Gasteiger partial charge in [-0.15, -0.1) is 0 Å². The average Bonchev–Trinajstić information content (AvgIpc) is 2.88. The van der Waals surface area contributed by atoms with Gasteiger partial charge in [-0.3, -0.25) is 34.7 Å². The molecule has 0 spiro atoms. The molecule has 0 aliphatic heterocycles. The standard InChI is InChI=1S/C52H115N9O/c1-35-56(42(2,3)4)39(57(43(5,6)7)44(8,9)10)53-36-54(40(58(45(11,12)13)46(14,15)16)59(47(17,18)19)48(20,21)22)37-55(38-62)41(60(49(23,24)25)50(26,27)28)61(51(29,30)31)52(32,33)34/h39-41,53,62H,35-38H2,1-34H3. The van der Waals surface area contributed by atoms with E-state index >= 15 is 0 Å². The third-order valence-electron chi connectivity index (χ3n) is 11.6. The fourth-order valence-corrected chi connectivity index (χ4v) is 11.6. The minimum Gasteiger partial charge on any atom is -0.381 e. The molecule has 0 rings (SSSR count). The Morgan fingerprint density at radius 3 is 0.742 bits per heavy atom. The molecule has 374 valence electrons. The highest BCUT2D eigenvalue weighted by Crippen LogP contribution is 2.41. The summed E-state index contributed by atoms with van der Waals surface area (Å²) in [5.74, 6) is 0. The predicted molar refractivity (Wildman–Crippen MR) is 274 cm³/mol. The van der Waals surface area contributed by atoms with Crippen molar-refractivity contribution in [2.24, 2.45) is 0 Å². The van der Waals surface area contributed by atoms with Gasteiger partial charge in [0.15, 0.2) is 0 Å². The Balaban J connectivity index is 9.28. The molecule has 1 atom stereocenters. The number of rotatable bonds is 15. The molecular weight excluding hydrogens is 767 g/mol. The summed E-state index contributed by atoms with van der Waals surface area (Å²) in [5.41, 5.74) is -2.42. The normalized spacial score (nSPS) is 16.4. The van der Waals surface area contributed by atoms with E-state index in [0.717, 1.165) is 6.54 Å². The number of hydrogen-bond acceptors (Lipinski definition) is 10. The van der Waals surface area contributed by atoms with Crippen molar-refractivity contribution in [3.8, 4) is 0 Å². The van der Waals surface area contributed by atoms with Crippen LogP contribution in [0.1, 0.15) is 235 Å². The fourth-order valence-electron chi connectivity index (χ4n) is 11.6. The molecule has 0 amide bonds. The monoisotopic (exact) mass is 882 g/mol. The zero-order valence-corrected chi connectivity index (χ0v) is 48.6. The first-order valence-corrected chi connectivity index (χ1v) is 24.3. The maximum absolute atomic E-state index is 12.2. The molecule has 0 saturated carbocycles. The lowest BCUT2D eigenvalue weighted by Gasteiger charge is -2.64. The molecule has 2 N–H and O–H groups in total. The summed E-state index contributed by atoms with van der Waals surface area (Å²) in [7, 11) is 0.